The van der Waals surface area contributed by atoms with Gasteiger partial charge in [0.1, 0.15) is 0 Å². The summed E-state index contributed by atoms with van der Waals surface area (Å²) in [6.07, 6.45) is 1.93. The Labute approximate surface area is 255 Å². The minimum Gasteiger partial charge on any atom is -0.374 e. The van der Waals surface area contributed by atoms with E-state index < -0.39 is 0 Å². The molecule has 1 aliphatic rings. The van der Waals surface area contributed by atoms with Crippen LogP contribution in [-0.2, 0) is 0 Å². The Kier molecular flexibility index (Phi) is 5.44. The van der Waals surface area contributed by atoms with Crippen LogP contribution in [0.15, 0.2) is 140 Å². The van der Waals surface area contributed by atoms with Gasteiger partial charge in [-0.05, 0) is 64.5 Å². The number of nitrogens with one attached hydrogen (secondary N) is 3. The van der Waals surface area contributed by atoms with Gasteiger partial charge in [-0.3, -0.25) is 0 Å². The van der Waals surface area contributed by atoms with Crippen LogP contribution in [0.25, 0.3) is 55.4 Å². The molecule has 0 saturated carbocycles. The molecule has 0 saturated heterocycles. The molecule has 0 radical (unpaired) electrons. The first kappa shape index (κ1) is 24.8. The van der Waals surface area contributed by atoms with Gasteiger partial charge in [0.25, 0.3) is 0 Å². The highest BCUT2D eigenvalue weighted by molar-refractivity contribution is 6.27. The average Bonchev–Trinajstić information content (AvgIpc) is 3.35. The number of fused-ring (bicyclic) bond motifs is 3. The van der Waals surface area contributed by atoms with Crippen molar-refractivity contribution in [1.82, 2.24) is 9.55 Å². The molecule has 4 nitrogen and oxygen atoms in total. The molecule has 44 heavy (non-hydrogen) atoms. The summed E-state index contributed by atoms with van der Waals surface area (Å²) in [5, 5.41) is 12.6. The Bertz CT molecular complexity index is 2360. The number of aromatic nitrogens is 2. The zero-order valence-corrected chi connectivity index (χ0v) is 24.1. The molecule has 210 valence electrons. The predicted molar refractivity (Wildman–Crippen MR) is 186 cm³/mol. The topological polar surface area (TPSA) is 44.8 Å². The van der Waals surface area contributed by atoms with Crippen LogP contribution in [0.5, 0.6) is 0 Å². The van der Waals surface area contributed by atoms with Gasteiger partial charge < -0.3 is 20.2 Å². The lowest BCUT2D eigenvalue weighted by molar-refractivity contribution is 0.636. The van der Waals surface area contributed by atoms with Crippen molar-refractivity contribution in [1.29, 1.82) is 0 Å². The van der Waals surface area contributed by atoms with E-state index in [-0.39, 0.29) is 12.1 Å². The third-order valence-corrected chi connectivity index (χ3v) is 9.23. The average molecular weight is 567 g/mol. The first-order valence-corrected chi connectivity index (χ1v) is 15.1. The number of nitrogens with zero attached hydrogens (tertiary/aromatic N) is 1. The molecule has 0 amide bonds. The maximum Gasteiger partial charge on any atom is 0.0758 e. The molecular formula is C40H30N4. The van der Waals surface area contributed by atoms with Crippen molar-refractivity contribution in [2.45, 2.75) is 12.1 Å². The van der Waals surface area contributed by atoms with Crippen LogP contribution in [-0.4, -0.2) is 9.55 Å². The van der Waals surface area contributed by atoms with Gasteiger partial charge in [0.05, 0.1) is 40.0 Å². The van der Waals surface area contributed by atoms with Gasteiger partial charge in [-0.15, -0.1) is 0 Å². The Hall–Kier alpha value is -5.74. The van der Waals surface area contributed by atoms with Crippen LogP contribution in [0, 0.1) is 0 Å². The fourth-order valence-corrected chi connectivity index (χ4v) is 7.23. The third kappa shape index (κ3) is 3.64. The maximum atomic E-state index is 4.08. The van der Waals surface area contributed by atoms with Gasteiger partial charge in [-0.2, -0.15) is 0 Å². The number of para-hydroxylation sites is 3. The van der Waals surface area contributed by atoms with Gasteiger partial charge in [0.15, 0.2) is 0 Å². The van der Waals surface area contributed by atoms with Crippen molar-refractivity contribution >= 4 is 61.1 Å². The van der Waals surface area contributed by atoms with Crippen LogP contribution < -0.4 is 10.6 Å². The van der Waals surface area contributed by atoms with E-state index in [1.165, 1.54) is 43.7 Å². The quantitative estimate of drug-likeness (QED) is 0.198. The number of rotatable bonds is 4. The predicted octanol–water partition coefficient (Wildman–Crippen LogP) is 10.4. The summed E-state index contributed by atoms with van der Waals surface area (Å²) in [6.45, 7) is 4.08. The molecule has 8 aromatic rings. The third-order valence-electron chi connectivity index (χ3n) is 9.23. The summed E-state index contributed by atoms with van der Waals surface area (Å²) >= 11 is 0. The van der Waals surface area contributed by atoms with E-state index in [4.69, 9.17) is 0 Å². The summed E-state index contributed by atoms with van der Waals surface area (Å²) in [5.41, 5.74) is 11.6. The van der Waals surface area contributed by atoms with E-state index in [0.29, 0.717) is 0 Å². The van der Waals surface area contributed by atoms with E-state index in [2.05, 4.69) is 160 Å². The van der Waals surface area contributed by atoms with Crippen LogP contribution >= 0.6 is 0 Å². The van der Waals surface area contributed by atoms with Crippen molar-refractivity contribution < 1.29 is 0 Å². The van der Waals surface area contributed by atoms with Gasteiger partial charge in [-0.1, -0.05) is 104 Å². The van der Waals surface area contributed by atoms with Crippen LogP contribution in [0.4, 0.5) is 11.4 Å². The molecule has 0 spiro atoms. The molecule has 0 fully saturated rings. The molecule has 3 N–H and O–H groups in total. The number of benzene rings is 6. The normalized spacial score (nSPS) is 16.2. The summed E-state index contributed by atoms with van der Waals surface area (Å²) in [5.74, 6) is 0. The summed E-state index contributed by atoms with van der Waals surface area (Å²) in [7, 11) is 0. The molecular weight excluding hydrogens is 536 g/mol. The van der Waals surface area contributed by atoms with Crippen LogP contribution in [0.3, 0.4) is 0 Å². The minimum atomic E-state index is 0.0723. The molecule has 2 aromatic heterocycles. The van der Waals surface area contributed by atoms with Gasteiger partial charge >= 0.3 is 0 Å². The molecule has 6 aromatic carbocycles. The molecule has 4 heteroatoms. The van der Waals surface area contributed by atoms with Crippen LogP contribution in [0.1, 0.15) is 28.8 Å². The number of hydrogen-bond donors (Lipinski definition) is 3. The van der Waals surface area contributed by atoms with E-state index in [1.54, 1.807) is 0 Å². The summed E-state index contributed by atoms with van der Waals surface area (Å²) < 4.78 is 2.40. The zero-order chi connectivity index (χ0) is 29.2. The molecule has 1 aliphatic heterocycles. The zero-order valence-electron chi connectivity index (χ0n) is 24.1. The molecule has 9 rings (SSSR count). The number of anilines is 2. The molecule has 2 atom stereocenters. The van der Waals surface area contributed by atoms with E-state index >= 15 is 0 Å². The van der Waals surface area contributed by atoms with E-state index in [1.807, 2.05) is 6.08 Å². The van der Waals surface area contributed by atoms with Gasteiger partial charge in [-0.25, -0.2) is 0 Å². The largest absolute Gasteiger partial charge is 0.374 e. The van der Waals surface area contributed by atoms with Crippen molar-refractivity contribution in [3.8, 4) is 5.69 Å². The number of aromatic amines is 1. The lowest BCUT2D eigenvalue weighted by Crippen LogP contribution is -2.30. The smallest absolute Gasteiger partial charge is 0.0758 e. The second kappa shape index (κ2) is 9.65. The first-order chi connectivity index (χ1) is 21.8. The molecule has 0 aliphatic carbocycles. The van der Waals surface area contributed by atoms with E-state index in [9.17, 15) is 0 Å². The van der Waals surface area contributed by atoms with Gasteiger partial charge in [0, 0.05) is 27.4 Å². The van der Waals surface area contributed by atoms with Crippen LogP contribution in [0.2, 0.25) is 0 Å². The number of H-pyrrole nitrogens is 1. The maximum absolute atomic E-state index is 4.08. The Morgan fingerprint density at radius 2 is 1.16 bits per heavy atom. The monoisotopic (exact) mass is 566 g/mol. The summed E-state index contributed by atoms with van der Waals surface area (Å²) in [4.78, 5) is 3.78. The van der Waals surface area contributed by atoms with Crippen molar-refractivity contribution in [3.63, 3.8) is 0 Å². The molecule has 2 unspecified atom stereocenters. The Balaban J connectivity index is 1.22. The van der Waals surface area contributed by atoms with Crippen molar-refractivity contribution in [2.24, 2.45) is 0 Å². The van der Waals surface area contributed by atoms with Crippen molar-refractivity contribution in [3.05, 3.63) is 157 Å². The fraction of sp³-hybridized carbons (Fsp3) is 0.0500. The molecule has 3 heterocycles. The van der Waals surface area contributed by atoms with Crippen molar-refractivity contribution in [2.75, 3.05) is 10.6 Å². The second-order valence-corrected chi connectivity index (χ2v) is 11.6. The fourth-order valence-electron chi connectivity index (χ4n) is 7.23. The lowest BCUT2D eigenvalue weighted by atomic mass is 9.90. The summed E-state index contributed by atoms with van der Waals surface area (Å²) in [6, 6.07) is 48.1. The minimum absolute atomic E-state index is 0.0723. The standard InChI is InChI=1S/C40H30N4/c1-2-25-13-8-15-30-29-14-9-19-34-36(29)37-33(43-38(25)30)18-10-20-35(37)44(34)28-23-21-27(22-24-28)40-39(26-11-4-3-5-12-26)41-31-16-6-7-17-32(31)42-40/h2-24,39-43H,1H2. The SMILES string of the molecule is C=Cc1cccc2c1[nH]c1cccc3c1c1c2cccc1n3-c1ccc(C2Nc3ccccc3NC2c2ccccc2)cc1. The highest BCUT2D eigenvalue weighted by Gasteiger charge is 2.30. The Morgan fingerprint density at radius 1 is 0.545 bits per heavy atom. The first-order valence-electron chi connectivity index (χ1n) is 15.1. The second-order valence-electron chi connectivity index (χ2n) is 11.6. The molecule has 0 bridgehead atoms. The highest BCUT2D eigenvalue weighted by Crippen LogP contribution is 2.43. The number of hydrogen-bond acceptors (Lipinski definition) is 2. The van der Waals surface area contributed by atoms with E-state index in [0.717, 1.165) is 33.7 Å². The Morgan fingerprint density at radius 3 is 1.89 bits per heavy atom. The van der Waals surface area contributed by atoms with Gasteiger partial charge in [0.2, 0.25) is 0 Å². The lowest BCUT2D eigenvalue weighted by Gasteiger charge is -2.37. The highest BCUT2D eigenvalue weighted by atomic mass is 15.1.